The summed E-state index contributed by atoms with van der Waals surface area (Å²) in [5.41, 5.74) is 4.73. The number of carbonyl (C=O) groups excluding carboxylic acids is 1. The van der Waals surface area contributed by atoms with Crippen molar-refractivity contribution in [3.05, 3.63) is 72.9 Å². The molecule has 0 aliphatic heterocycles. The van der Waals surface area contributed by atoms with Crippen molar-refractivity contribution in [1.29, 1.82) is 0 Å². The zero-order chi connectivity index (χ0) is 19.3. The van der Waals surface area contributed by atoms with Gasteiger partial charge in [0.2, 0.25) is 0 Å². The normalized spacial score (nSPS) is 10.9. The first-order valence-electron chi connectivity index (χ1n) is 9.30. The van der Waals surface area contributed by atoms with Gasteiger partial charge in [-0.2, -0.15) is 5.10 Å². The minimum atomic E-state index is -0.244. The van der Waals surface area contributed by atoms with Gasteiger partial charge in [0.05, 0.1) is 6.20 Å². The zero-order valence-electron chi connectivity index (χ0n) is 15.7. The molecule has 142 valence electrons. The number of nitrogens with zero attached hydrogens (tertiary/aromatic N) is 4. The molecule has 4 rings (SSSR count). The molecule has 0 bridgehead atoms. The number of anilines is 1. The van der Waals surface area contributed by atoms with E-state index in [0.717, 1.165) is 41.0 Å². The van der Waals surface area contributed by atoms with Gasteiger partial charge >= 0.3 is 6.03 Å². The Bertz CT molecular complexity index is 1080. The standard InChI is InChI=1S/C21H22N6O/c1-2-9-27-15-18(14-24-27)17-3-5-19(6-4-17)25-21(28)23-13-16-7-10-26-11-8-22-20(26)12-16/h3-8,10-12,14-15H,2,9,13H2,1H3,(H2,23,25,28). The minimum absolute atomic E-state index is 0.244. The lowest BCUT2D eigenvalue weighted by Gasteiger charge is -2.08. The van der Waals surface area contributed by atoms with Gasteiger partial charge < -0.3 is 15.0 Å². The van der Waals surface area contributed by atoms with Gasteiger partial charge in [0, 0.05) is 49.1 Å². The van der Waals surface area contributed by atoms with Crippen LogP contribution in [0, 0.1) is 0 Å². The number of urea groups is 1. The van der Waals surface area contributed by atoms with E-state index < -0.39 is 0 Å². The molecule has 2 N–H and O–H groups in total. The van der Waals surface area contributed by atoms with Crippen molar-refractivity contribution in [3.8, 4) is 11.1 Å². The van der Waals surface area contributed by atoms with Gasteiger partial charge in [0.1, 0.15) is 5.65 Å². The average molecular weight is 374 g/mol. The van der Waals surface area contributed by atoms with Crippen LogP contribution in [0.15, 0.2) is 67.4 Å². The van der Waals surface area contributed by atoms with Crippen molar-refractivity contribution >= 4 is 17.4 Å². The molecular weight excluding hydrogens is 352 g/mol. The molecule has 1 aromatic carbocycles. The van der Waals surface area contributed by atoms with Crippen LogP contribution in [-0.2, 0) is 13.1 Å². The van der Waals surface area contributed by atoms with Crippen LogP contribution in [0.1, 0.15) is 18.9 Å². The highest BCUT2D eigenvalue weighted by Gasteiger charge is 2.05. The average Bonchev–Trinajstić information content (AvgIpc) is 3.36. The number of pyridine rings is 1. The number of benzene rings is 1. The summed E-state index contributed by atoms with van der Waals surface area (Å²) in [4.78, 5) is 16.4. The predicted molar refractivity (Wildman–Crippen MR) is 109 cm³/mol. The number of hydrogen-bond acceptors (Lipinski definition) is 3. The molecule has 7 nitrogen and oxygen atoms in total. The number of amides is 2. The number of imidazole rings is 1. The van der Waals surface area contributed by atoms with E-state index in [1.807, 2.05) is 70.3 Å². The first kappa shape index (κ1) is 17.8. The molecule has 0 radical (unpaired) electrons. The smallest absolute Gasteiger partial charge is 0.319 e. The van der Waals surface area contributed by atoms with Crippen molar-refractivity contribution in [2.75, 3.05) is 5.32 Å². The lowest BCUT2D eigenvalue weighted by atomic mass is 10.1. The Morgan fingerprint density at radius 3 is 2.79 bits per heavy atom. The third kappa shape index (κ3) is 4.03. The van der Waals surface area contributed by atoms with Gasteiger partial charge in [-0.1, -0.05) is 19.1 Å². The predicted octanol–water partition coefficient (Wildman–Crippen LogP) is 3.93. The zero-order valence-corrected chi connectivity index (χ0v) is 15.7. The van der Waals surface area contributed by atoms with Gasteiger partial charge in [-0.3, -0.25) is 4.68 Å². The molecule has 3 aromatic heterocycles. The van der Waals surface area contributed by atoms with Crippen LogP contribution in [0.3, 0.4) is 0 Å². The summed E-state index contributed by atoms with van der Waals surface area (Å²) in [6.07, 6.45) is 10.5. The molecule has 0 spiro atoms. The number of aromatic nitrogens is 4. The van der Waals surface area contributed by atoms with E-state index in [4.69, 9.17) is 0 Å². The maximum atomic E-state index is 12.2. The quantitative estimate of drug-likeness (QED) is 0.537. The fourth-order valence-corrected chi connectivity index (χ4v) is 3.03. The Morgan fingerprint density at radius 2 is 1.96 bits per heavy atom. The molecule has 4 aromatic rings. The second-order valence-electron chi connectivity index (χ2n) is 6.60. The second kappa shape index (κ2) is 7.96. The third-order valence-corrected chi connectivity index (χ3v) is 4.48. The SMILES string of the molecule is CCCn1cc(-c2ccc(NC(=O)NCc3ccn4ccnc4c3)cc2)cn1. The van der Waals surface area contributed by atoms with Crippen LogP contribution in [0.2, 0.25) is 0 Å². The molecular formula is C21H22N6O. The first-order chi connectivity index (χ1) is 13.7. The van der Waals surface area contributed by atoms with Gasteiger partial charge in [-0.05, 0) is 41.8 Å². The van der Waals surface area contributed by atoms with Gasteiger partial charge in [-0.15, -0.1) is 0 Å². The molecule has 2 amide bonds. The third-order valence-electron chi connectivity index (χ3n) is 4.48. The Balaban J connectivity index is 1.33. The number of aryl methyl sites for hydroxylation is 1. The van der Waals surface area contributed by atoms with Crippen molar-refractivity contribution < 1.29 is 4.79 Å². The summed E-state index contributed by atoms with van der Waals surface area (Å²) in [6.45, 7) is 3.47. The molecule has 0 atom stereocenters. The lowest BCUT2D eigenvalue weighted by Crippen LogP contribution is -2.28. The molecule has 0 aliphatic rings. The summed E-state index contributed by atoms with van der Waals surface area (Å²) in [5, 5.41) is 10.1. The van der Waals surface area contributed by atoms with Crippen LogP contribution in [0.25, 0.3) is 16.8 Å². The van der Waals surface area contributed by atoms with Gasteiger partial charge in [0.15, 0.2) is 0 Å². The largest absolute Gasteiger partial charge is 0.334 e. The van der Waals surface area contributed by atoms with Crippen LogP contribution in [0.4, 0.5) is 10.5 Å². The first-order valence-corrected chi connectivity index (χ1v) is 9.30. The Hall–Kier alpha value is -3.61. The van der Waals surface area contributed by atoms with E-state index in [0.29, 0.717) is 6.54 Å². The van der Waals surface area contributed by atoms with Crippen molar-refractivity contribution in [2.45, 2.75) is 26.4 Å². The summed E-state index contributed by atoms with van der Waals surface area (Å²) in [6, 6.07) is 11.4. The van der Waals surface area contributed by atoms with Crippen molar-refractivity contribution in [2.24, 2.45) is 0 Å². The second-order valence-corrected chi connectivity index (χ2v) is 6.60. The van der Waals surface area contributed by atoms with Crippen LogP contribution < -0.4 is 10.6 Å². The molecule has 7 heteroatoms. The maximum Gasteiger partial charge on any atom is 0.319 e. The van der Waals surface area contributed by atoms with E-state index in [9.17, 15) is 4.79 Å². The topological polar surface area (TPSA) is 76.2 Å². The van der Waals surface area contributed by atoms with Crippen molar-refractivity contribution in [1.82, 2.24) is 24.5 Å². The maximum absolute atomic E-state index is 12.2. The number of carbonyl (C=O) groups is 1. The molecule has 0 saturated carbocycles. The minimum Gasteiger partial charge on any atom is -0.334 e. The molecule has 0 saturated heterocycles. The Morgan fingerprint density at radius 1 is 1.11 bits per heavy atom. The Labute approximate surface area is 163 Å². The molecule has 0 unspecified atom stereocenters. The summed E-state index contributed by atoms with van der Waals surface area (Å²) >= 11 is 0. The van der Waals surface area contributed by atoms with Crippen LogP contribution >= 0.6 is 0 Å². The number of rotatable bonds is 6. The summed E-state index contributed by atoms with van der Waals surface area (Å²) < 4.78 is 3.87. The molecule has 0 fully saturated rings. The monoisotopic (exact) mass is 374 g/mol. The lowest BCUT2D eigenvalue weighted by molar-refractivity contribution is 0.251. The van der Waals surface area contributed by atoms with Gasteiger partial charge in [0.25, 0.3) is 0 Å². The highest BCUT2D eigenvalue weighted by atomic mass is 16.2. The Kier molecular flexibility index (Phi) is 5.05. The fourth-order valence-electron chi connectivity index (χ4n) is 3.03. The number of hydrogen-bond donors (Lipinski definition) is 2. The van der Waals surface area contributed by atoms with Crippen LogP contribution in [-0.4, -0.2) is 25.2 Å². The highest BCUT2D eigenvalue weighted by Crippen LogP contribution is 2.21. The van der Waals surface area contributed by atoms with E-state index in [-0.39, 0.29) is 6.03 Å². The van der Waals surface area contributed by atoms with Crippen LogP contribution in [0.5, 0.6) is 0 Å². The van der Waals surface area contributed by atoms with Crippen molar-refractivity contribution in [3.63, 3.8) is 0 Å². The van der Waals surface area contributed by atoms with E-state index in [1.165, 1.54) is 0 Å². The molecule has 28 heavy (non-hydrogen) atoms. The summed E-state index contributed by atoms with van der Waals surface area (Å²) in [5.74, 6) is 0. The van der Waals surface area contributed by atoms with E-state index in [2.05, 4.69) is 27.6 Å². The molecule has 0 aliphatic carbocycles. The summed E-state index contributed by atoms with van der Waals surface area (Å²) in [7, 11) is 0. The molecule has 3 heterocycles. The number of nitrogens with one attached hydrogen (secondary N) is 2. The van der Waals surface area contributed by atoms with E-state index >= 15 is 0 Å². The van der Waals surface area contributed by atoms with Gasteiger partial charge in [-0.25, -0.2) is 9.78 Å². The fraction of sp³-hybridized carbons (Fsp3) is 0.190. The van der Waals surface area contributed by atoms with E-state index in [1.54, 1.807) is 6.20 Å². The number of fused-ring (bicyclic) bond motifs is 1. The highest BCUT2D eigenvalue weighted by molar-refractivity contribution is 5.89.